The molecule has 3 unspecified atom stereocenters. The molecule has 0 radical (unpaired) electrons. The lowest BCUT2D eigenvalue weighted by molar-refractivity contribution is -0.121. The third-order valence-electron chi connectivity index (χ3n) is 5.43. The minimum Gasteiger partial charge on any atom is -0.316 e. The van der Waals surface area contributed by atoms with Crippen LogP contribution in [0.25, 0.3) is 0 Å². The van der Waals surface area contributed by atoms with Crippen LogP contribution >= 0.6 is 24.0 Å². The van der Waals surface area contributed by atoms with Gasteiger partial charge in [0.05, 0.1) is 0 Å². The first kappa shape index (κ1) is 18.0. The predicted molar refractivity (Wildman–Crippen MR) is 98.9 cm³/mol. The van der Waals surface area contributed by atoms with Crippen LogP contribution in [0.4, 0.5) is 5.69 Å². The van der Waals surface area contributed by atoms with Gasteiger partial charge in [-0.2, -0.15) is 0 Å². The fourth-order valence-electron chi connectivity index (χ4n) is 4.29. The lowest BCUT2D eigenvalue weighted by Crippen LogP contribution is -2.51. The number of benzene rings is 1. The molecule has 132 valence electrons. The first-order valence-electron chi connectivity index (χ1n) is 8.31. The van der Waals surface area contributed by atoms with Gasteiger partial charge in [0.25, 0.3) is 0 Å². The van der Waals surface area contributed by atoms with Crippen LogP contribution < -0.4 is 21.1 Å². The summed E-state index contributed by atoms with van der Waals surface area (Å²) in [4.78, 5) is 15.1. The molecule has 3 aliphatic rings. The van der Waals surface area contributed by atoms with Crippen molar-refractivity contribution < 1.29 is 4.79 Å². The second-order valence-corrected chi connectivity index (χ2v) is 7.88. The molecule has 2 saturated heterocycles. The smallest absolute Gasteiger partial charge is 0.245 e. The Balaban J connectivity index is 0.00000169. The van der Waals surface area contributed by atoms with Crippen molar-refractivity contribution in [3.63, 3.8) is 0 Å². The Labute approximate surface area is 153 Å². The average molecular weight is 371 g/mol. The lowest BCUT2D eigenvalue weighted by Gasteiger charge is -2.30. The van der Waals surface area contributed by atoms with Crippen molar-refractivity contribution >= 4 is 35.6 Å². The molecule has 3 N–H and O–H groups in total. The summed E-state index contributed by atoms with van der Waals surface area (Å²) in [6.45, 7) is 6.85. The highest BCUT2D eigenvalue weighted by molar-refractivity contribution is 6.32. The highest BCUT2D eigenvalue weighted by Gasteiger charge is 2.47. The van der Waals surface area contributed by atoms with Gasteiger partial charge >= 0.3 is 0 Å². The molecule has 0 aliphatic carbocycles. The molecule has 24 heavy (non-hydrogen) atoms. The molecule has 2 fully saturated rings. The van der Waals surface area contributed by atoms with Gasteiger partial charge < -0.3 is 10.2 Å². The van der Waals surface area contributed by atoms with Gasteiger partial charge in [-0.05, 0) is 25.1 Å². The van der Waals surface area contributed by atoms with Crippen LogP contribution in [-0.4, -0.2) is 37.6 Å². The number of hydrogen-bond donors (Lipinski definition) is 3. The SMILES string of the molecule is CC1(C)CN(C(=O)C2NNC3CCNCC32)c2cccc(Cl)c21.Cl. The highest BCUT2D eigenvalue weighted by atomic mass is 35.5. The van der Waals surface area contributed by atoms with E-state index in [9.17, 15) is 4.79 Å². The summed E-state index contributed by atoms with van der Waals surface area (Å²) >= 11 is 6.42. The Kier molecular flexibility index (Phi) is 4.84. The van der Waals surface area contributed by atoms with E-state index in [-0.39, 0.29) is 29.8 Å². The molecule has 0 spiro atoms. The van der Waals surface area contributed by atoms with Crippen LogP contribution in [0.2, 0.25) is 5.02 Å². The van der Waals surface area contributed by atoms with Crippen LogP contribution in [0, 0.1) is 5.92 Å². The summed E-state index contributed by atoms with van der Waals surface area (Å²) in [5.41, 5.74) is 8.46. The van der Waals surface area contributed by atoms with Gasteiger partial charge in [0.1, 0.15) is 6.04 Å². The number of hydrazine groups is 1. The van der Waals surface area contributed by atoms with E-state index in [1.54, 1.807) is 0 Å². The molecule has 1 amide bonds. The van der Waals surface area contributed by atoms with Gasteiger partial charge in [-0.25, -0.2) is 5.43 Å². The number of carbonyl (C=O) groups excluding carboxylic acids is 1. The quantitative estimate of drug-likeness (QED) is 0.705. The normalized spacial score (nSPS) is 30.5. The standard InChI is InChI=1S/C17H23ClN4O.ClH/c1-17(2)9-22(13-5-3-4-11(18)14(13)17)16(23)15-10-8-19-7-6-12(10)20-21-15;/h3-5,10,12,15,19-21H,6-9H2,1-2H3;1H. The summed E-state index contributed by atoms with van der Waals surface area (Å²) in [6, 6.07) is 6.03. The van der Waals surface area contributed by atoms with Gasteiger partial charge in [-0.15, -0.1) is 12.4 Å². The third kappa shape index (κ3) is 2.72. The zero-order valence-electron chi connectivity index (χ0n) is 13.9. The molecule has 1 aromatic carbocycles. The number of hydrogen-bond acceptors (Lipinski definition) is 4. The molecule has 0 saturated carbocycles. The third-order valence-corrected chi connectivity index (χ3v) is 5.74. The number of halogens is 2. The second kappa shape index (κ2) is 6.46. The van der Waals surface area contributed by atoms with E-state index in [0.717, 1.165) is 35.8 Å². The van der Waals surface area contributed by atoms with Gasteiger partial charge in [0.2, 0.25) is 5.91 Å². The van der Waals surface area contributed by atoms with E-state index in [4.69, 9.17) is 11.6 Å². The zero-order chi connectivity index (χ0) is 16.2. The van der Waals surface area contributed by atoms with Crippen LogP contribution in [0.3, 0.4) is 0 Å². The van der Waals surface area contributed by atoms with E-state index in [1.165, 1.54) is 0 Å². The van der Waals surface area contributed by atoms with E-state index >= 15 is 0 Å². The van der Waals surface area contributed by atoms with Crippen molar-refractivity contribution in [1.29, 1.82) is 0 Å². The van der Waals surface area contributed by atoms with Crippen molar-refractivity contribution in [2.24, 2.45) is 5.92 Å². The minimum atomic E-state index is -0.187. The number of rotatable bonds is 1. The van der Waals surface area contributed by atoms with Gasteiger partial charge in [0, 0.05) is 46.7 Å². The Morgan fingerprint density at radius 1 is 1.33 bits per heavy atom. The van der Waals surface area contributed by atoms with Crippen LogP contribution in [0.5, 0.6) is 0 Å². The second-order valence-electron chi connectivity index (χ2n) is 7.47. The largest absolute Gasteiger partial charge is 0.316 e. The first-order valence-corrected chi connectivity index (χ1v) is 8.69. The van der Waals surface area contributed by atoms with Crippen LogP contribution in [0.1, 0.15) is 25.8 Å². The minimum absolute atomic E-state index is 0. The van der Waals surface area contributed by atoms with Crippen molar-refractivity contribution in [2.75, 3.05) is 24.5 Å². The summed E-state index contributed by atoms with van der Waals surface area (Å²) < 4.78 is 0. The Bertz CT molecular complexity index is 651. The molecular formula is C17H24Cl2N4O. The fraction of sp³-hybridized carbons (Fsp3) is 0.588. The lowest BCUT2D eigenvalue weighted by atomic mass is 9.87. The monoisotopic (exact) mass is 370 g/mol. The maximum atomic E-state index is 13.2. The van der Waals surface area contributed by atoms with Gasteiger partial charge in [0.15, 0.2) is 0 Å². The molecule has 3 heterocycles. The number of fused-ring (bicyclic) bond motifs is 2. The Morgan fingerprint density at radius 2 is 2.12 bits per heavy atom. The molecule has 1 aromatic rings. The molecule has 3 atom stereocenters. The van der Waals surface area contributed by atoms with Crippen LogP contribution in [0.15, 0.2) is 18.2 Å². The van der Waals surface area contributed by atoms with Crippen molar-refractivity contribution in [1.82, 2.24) is 16.2 Å². The topological polar surface area (TPSA) is 56.4 Å². The number of anilines is 1. The predicted octanol–water partition coefficient (Wildman–Crippen LogP) is 1.84. The summed E-state index contributed by atoms with van der Waals surface area (Å²) in [5, 5.41) is 4.15. The summed E-state index contributed by atoms with van der Waals surface area (Å²) in [6.07, 6.45) is 1.05. The van der Waals surface area contributed by atoms with Gasteiger partial charge in [-0.3, -0.25) is 10.2 Å². The average Bonchev–Trinajstić information content (AvgIpc) is 3.06. The van der Waals surface area contributed by atoms with E-state index < -0.39 is 0 Å². The number of amides is 1. The van der Waals surface area contributed by atoms with Crippen molar-refractivity contribution in [3.05, 3.63) is 28.8 Å². The van der Waals surface area contributed by atoms with Crippen LogP contribution in [-0.2, 0) is 10.2 Å². The molecular weight excluding hydrogens is 347 g/mol. The Hall–Kier alpha value is -0.850. The molecule has 0 bridgehead atoms. The number of carbonyl (C=O) groups is 1. The molecule has 0 aromatic heterocycles. The van der Waals surface area contributed by atoms with Gasteiger partial charge in [-0.1, -0.05) is 31.5 Å². The molecule has 7 heteroatoms. The summed E-state index contributed by atoms with van der Waals surface area (Å²) in [7, 11) is 0. The maximum absolute atomic E-state index is 13.2. The molecule has 5 nitrogen and oxygen atoms in total. The first-order chi connectivity index (χ1) is 11.0. The highest BCUT2D eigenvalue weighted by Crippen LogP contribution is 2.44. The number of nitrogens with one attached hydrogen (secondary N) is 3. The van der Waals surface area contributed by atoms with E-state index in [2.05, 4.69) is 30.0 Å². The van der Waals surface area contributed by atoms with Crippen molar-refractivity contribution in [2.45, 2.75) is 37.8 Å². The molecule has 4 rings (SSSR count). The van der Waals surface area contributed by atoms with E-state index in [0.29, 0.717) is 18.5 Å². The molecule has 3 aliphatic heterocycles. The van der Waals surface area contributed by atoms with E-state index in [1.807, 2.05) is 23.1 Å². The number of nitrogens with zero attached hydrogens (tertiary/aromatic N) is 1. The van der Waals surface area contributed by atoms with Crippen molar-refractivity contribution in [3.8, 4) is 0 Å². The maximum Gasteiger partial charge on any atom is 0.245 e. The Morgan fingerprint density at radius 3 is 2.92 bits per heavy atom. The fourth-order valence-corrected chi connectivity index (χ4v) is 4.72. The zero-order valence-corrected chi connectivity index (χ0v) is 15.5. The number of piperidine rings is 1. The summed E-state index contributed by atoms with van der Waals surface area (Å²) in [5.74, 6) is 0.436.